The van der Waals surface area contributed by atoms with Crippen molar-refractivity contribution < 1.29 is 9.59 Å². The molecule has 5 heteroatoms. The number of benzene rings is 2. The van der Waals surface area contributed by atoms with Crippen LogP contribution in [0.2, 0.25) is 0 Å². The molecule has 0 bridgehead atoms. The Labute approximate surface area is 160 Å². The molecule has 2 amide bonds. The second kappa shape index (κ2) is 10.7. The topological polar surface area (TPSA) is 49.4 Å². The van der Waals surface area contributed by atoms with Crippen LogP contribution in [-0.2, 0) is 9.59 Å². The first-order valence-electron chi connectivity index (χ1n) is 8.91. The lowest BCUT2D eigenvalue weighted by Crippen LogP contribution is -2.38. The Morgan fingerprint density at radius 2 is 1.73 bits per heavy atom. The van der Waals surface area contributed by atoms with Gasteiger partial charge in [0.25, 0.3) is 0 Å². The summed E-state index contributed by atoms with van der Waals surface area (Å²) < 4.78 is 0. The minimum atomic E-state index is -0.156. The monoisotopic (exact) mass is 370 g/mol. The minimum absolute atomic E-state index is 0.0233. The van der Waals surface area contributed by atoms with Crippen LogP contribution in [0.15, 0.2) is 59.5 Å². The molecule has 2 rings (SSSR count). The van der Waals surface area contributed by atoms with E-state index in [1.165, 1.54) is 0 Å². The number of aryl methyl sites for hydroxylation is 1. The molecule has 4 nitrogen and oxygen atoms in total. The van der Waals surface area contributed by atoms with Gasteiger partial charge in [-0.2, -0.15) is 0 Å². The van der Waals surface area contributed by atoms with E-state index >= 15 is 0 Å². The zero-order valence-electron chi connectivity index (χ0n) is 15.4. The van der Waals surface area contributed by atoms with Crippen molar-refractivity contribution in [2.24, 2.45) is 0 Å². The van der Waals surface area contributed by atoms with Crippen molar-refractivity contribution in [3.05, 3.63) is 60.2 Å². The van der Waals surface area contributed by atoms with Gasteiger partial charge in [-0.25, -0.2) is 0 Å². The maximum absolute atomic E-state index is 12.5. The first-order chi connectivity index (χ1) is 12.6. The van der Waals surface area contributed by atoms with Gasteiger partial charge in [-0.3, -0.25) is 9.59 Å². The molecule has 0 unspecified atom stereocenters. The lowest BCUT2D eigenvalue weighted by molar-refractivity contribution is -0.134. The maximum Gasteiger partial charge on any atom is 0.244 e. The summed E-state index contributed by atoms with van der Waals surface area (Å²) >= 11 is 1.66. The summed E-state index contributed by atoms with van der Waals surface area (Å²) in [5.74, 6) is 0.578. The van der Waals surface area contributed by atoms with Gasteiger partial charge < -0.3 is 10.2 Å². The van der Waals surface area contributed by atoms with Crippen molar-refractivity contribution in [3.63, 3.8) is 0 Å². The average molecular weight is 371 g/mol. The third kappa shape index (κ3) is 6.56. The lowest BCUT2D eigenvalue weighted by Gasteiger charge is -2.22. The smallest absolute Gasteiger partial charge is 0.244 e. The molecule has 0 aliphatic heterocycles. The van der Waals surface area contributed by atoms with E-state index < -0.39 is 0 Å². The molecule has 2 aromatic rings. The minimum Gasteiger partial charge on any atom is -0.333 e. The summed E-state index contributed by atoms with van der Waals surface area (Å²) in [5, 5.41) is 2.90. The fourth-order valence-corrected chi connectivity index (χ4v) is 3.43. The highest BCUT2D eigenvalue weighted by Gasteiger charge is 2.16. The Morgan fingerprint density at radius 3 is 2.42 bits per heavy atom. The van der Waals surface area contributed by atoms with E-state index in [2.05, 4.69) is 5.32 Å². The Kier molecular flexibility index (Phi) is 8.22. The number of hydrogen-bond acceptors (Lipinski definition) is 3. The van der Waals surface area contributed by atoms with Crippen molar-refractivity contribution in [1.29, 1.82) is 0 Å². The molecular weight excluding hydrogens is 344 g/mol. The summed E-state index contributed by atoms with van der Waals surface area (Å²) in [6, 6.07) is 17.7. The van der Waals surface area contributed by atoms with Crippen molar-refractivity contribution in [2.75, 3.05) is 24.2 Å². The van der Waals surface area contributed by atoms with E-state index in [9.17, 15) is 9.59 Å². The molecule has 0 saturated heterocycles. The van der Waals surface area contributed by atoms with Crippen molar-refractivity contribution in [3.8, 4) is 0 Å². The van der Waals surface area contributed by atoms with Gasteiger partial charge in [0.15, 0.2) is 0 Å². The zero-order chi connectivity index (χ0) is 18.8. The quantitative estimate of drug-likeness (QED) is 0.668. The van der Waals surface area contributed by atoms with Crippen molar-refractivity contribution in [2.45, 2.75) is 31.6 Å². The van der Waals surface area contributed by atoms with Gasteiger partial charge in [-0.1, -0.05) is 43.3 Å². The highest BCUT2D eigenvalue weighted by Crippen LogP contribution is 2.18. The summed E-state index contributed by atoms with van der Waals surface area (Å²) in [6.45, 7) is 4.65. The fraction of sp³-hybridized carbons (Fsp3) is 0.333. The van der Waals surface area contributed by atoms with Crippen molar-refractivity contribution in [1.82, 2.24) is 4.90 Å². The van der Waals surface area contributed by atoms with E-state index in [0.717, 1.165) is 22.6 Å². The van der Waals surface area contributed by atoms with E-state index in [4.69, 9.17) is 0 Å². The molecule has 0 heterocycles. The number of hydrogen-bond donors (Lipinski definition) is 1. The predicted octanol–water partition coefficient (Wildman–Crippen LogP) is 4.35. The van der Waals surface area contributed by atoms with Crippen LogP contribution in [-0.4, -0.2) is 35.6 Å². The molecule has 26 heavy (non-hydrogen) atoms. The Hall–Kier alpha value is -2.27. The van der Waals surface area contributed by atoms with Crippen LogP contribution < -0.4 is 5.32 Å². The van der Waals surface area contributed by atoms with E-state index in [-0.39, 0.29) is 18.4 Å². The van der Waals surface area contributed by atoms with Crippen LogP contribution in [0.5, 0.6) is 0 Å². The molecule has 0 aliphatic carbocycles. The summed E-state index contributed by atoms with van der Waals surface area (Å²) in [4.78, 5) is 27.7. The third-order valence-electron chi connectivity index (χ3n) is 3.93. The molecule has 0 aliphatic rings. The molecule has 0 spiro atoms. The molecule has 0 atom stereocenters. The molecule has 0 saturated carbocycles. The van der Waals surface area contributed by atoms with Crippen molar-refractivity contribution >= 4 is 29.3 Å². The van der Waals surface area contributed by atoms with Gasteiger partial charge in [-0.15, -0.1) is 11.8 Å². The molecule has 2 aromatic carbocycles. The maximum atomic E-state index is 12.5. The normalized spacial score (nSPS) is 10.4. The van der Waals surface area contributed by atoms with Gasteiger partial charge >= 0.3 is 0 Å². The lowest BCUT2D eigenvalue weighted by atomic mass is 10.2. The average Bonchev–Trinajstić information content (AvgIpc) is 2.64. The predicted molar refractivity (Wildman–Crippen MR) is 108 cm³/mol. The molecule has 138 valence electrons. The molecule has 0 aromatic heterocycles. The number of anilines is 1. The first-order valence-corrected chi connectivity index (χ1v) is 9.89. The summed E-state index contributed by atoms with van der Waals surface area (Å²) in [5.41, 5.74) is 1.80. The van der Waals surface area contributed by atoms with Crippen LogP contribution >= 0.6 is 11.8 Å². The first kappa shape index (κ1) is 20.0. The number of rotatable bonds is 9. The summed E-state index contributed by atoms with van der Waals surface area (Å²) in [6.07, 6.45) is 1.26. The largest absolute Gasteiger partial charge is 0.333 e. The zero-order valence-corrected chi connectivity index (χ0v) is 16.2. The van der Waals surface area contributed by atoms with Gasteiger partial charge in [0.05, 0.1) is 6.54 Å². The highest BCUT2D eigenvalue weighted by molar-refractivity contribution is 7.99. The Morgan fingerprint density at radius 1 is 1.04 bits per heavy atom. The van der Waals surface area contributed by atoms with E-state index in [1.54, 1.807) is 16.7 Å². The molecule has 0 radical (unpaired) electrons. The third-order valence-corrected chi connectivity index (χ3v) is 4.94. The van der Waals surface area contributed by atoms with Crippen LogP contribution in [0.25, 0.3) is 0 Å². The Balaban J connectivity index is 1.85. The molecule has 1 N–H and O–H groups in total. The number of nitrogens with one attached hydrogen (secondary N) is 1. The molecular formula is C21H26N2O2S. The number of nitrogens with zero attached hydrogens (tertiary/aromatic N) is 1. The number of carbonyl (C=O) groups is 2. The van der Waals surface area contributed by atoms with Gasteiger partial charge in [-0.05, 0) is 37.1 Å². The van der Waals surface area contributed by atoms with Gasteiger partial charge in [0.2, 0.25) is 11.8 Å². The van der Waals surface area contributed by atoms with E-state index in [1.807, 2.05) is 68.4 Å². The summed E-state index contributed by atoms with van der Waals surface area (Å²) in [7, 11) is 0. The van der Waals surface area contributed by atoms with Crippen LogP contribution in [0.3, 0.4) is 0 Å². The van der Waals surface area contributed by atoms with Crippen LogP contribution in [0.1, 0.15) is 25.3 Å². The molecule has 0 fully saturated rings. The fourth-order valence-electron chi connectivity index (χ4n) is 2.57. The highest BCUT2D eigenvalue weighted by atomic mass is 32.2. The van der Waals surface area contributed by atoms with Crippen LogP contribution in [0.4, 0.5) is 5.69 Å². The second-order valence-corrected chi connectivity index (χ2v) is 7.26. The van der Waals surface area contributed by atoms with Gasteiger partial charge in [0.1, 0.15) is 0 Å². The van der Waals surface area contributed by atoms with Crippen LogP contribution in [0, 0.1) is 6.92 Å². The second-order valence-electron chi connectivity index (χ2n) is 6.09. The Bertz CT molecular complexity index is 719. The standard InChI is InChI=1S/C21H26N2O2S/c1-3-14-23(16-20(24)22-19-12-8-7-9-17(19)2)21(25)13-15-26-18-10-5-4-6-11-18/h4-12H,3,13-16H2,1-2H3,(H,22,24). The number of carbonyl (C=O) groups excluding carboxylic acids is 2. The number of amides is 2. The van der Waals surface area contributed by atoms with E-state index in [0.29, 0.717) is 18.7 Å². The number of para-hydroxylation sites is 1. The SMILES string of the molecule is CCCN(CC(=O)Nc1ccccc1C)C(=O)CCSc1ccccc1. The van der Waals surface area contributed by atoms with Gasteiger partial charge in [0, 0.05) is 29.3 Å². The number of thioether (sulfide) groups is 1.